The van der Waals surface area contributed by atoms with E-state index in [0.29, 0.717) is 22.4 Å². The maximum Gasteiger partial charge on any atom is 0.247 e. The number of hydrogen-bond donors (Lipinski definition) is 0. The molecule has 0 spiro atoms. The minimum atomic E-state index is -0.753. The van der Waals surface area contributed by atoms with Gasteiger partial charge in [-0.2, -0.15) is 4.98 Å². The van der Waals surface area contributed by atoms with Crippen LogP contribution in [0.15, 0.2) is 65.8 Å². The maximum atomic E-state index is 13.0. The van der Waals surface area contributed by atoms with Gasteiger partial charge in [-0.25, -0.2) is 0 Å². The predicted molar refractivity (Wildman–Crippen MR) is 124 cm³/mol. The van der Waals surface area contributed by atoms with Gasteiger partial charge in [-0.1, -0.05) is 54.2 Å². The Morgan fingerprint density at radius 3 is 2.53 bits per heavy atom. The van der Waals surface area contributed by atoms with E-state index in [-0.39, 0.29) is 5.91 Å². The fourth-order valence-corrected chi connectivity index (χ4v) is 4.33. The fraction of sp³-hybridized carbons (Fsp3) is 0.167. The zero-order chi connectivity index (χ0) is 22.2. The van der Waals surface area contributed by atoms with Gasteiger partial charge < -0.3 is 9.47 Å². The first-order valence-electron chi connectivity index (χ1n) is 10.0. The molecular formula is C24H20N4O3S. The highest BCUT2D eigenvalue weighted by atomic mass is 32.2. The summed E-state index contributed by atoms with van der Waals surface area (Å²) in [6.07, 6.45) is 1.13. The molecule has 0 bridgehead atoms. The Hall–Kier alpha value is -3.65. The summed E-state index contributed by atoms with van der Waals surface area (Å²) in [5.74, 6) is 0.931. The van der Waals surface area contributed by atoms with E-state index in [0.717, 1.165) is 27.6 Å². The van der Waals surface area contributed by atoms with E-state index < -0.39 is 6.23 Å². The van der Waals surface area contributed by atoms with Crippen molar-refractivity contribution >= 4 is 34.1 Å². The average Bonchev–Trinajstić information content (AvgIpc) is 2.97. The summed E-state index contributed by atoms with van der Waals surface area (Å²) in [5, 5.41) is 10.9. The number of hydrogen-bond acceptors (Lipinski definition) is 7. The third-order valence-electron chi connectivity index (χ3n) is 5.44. The lowest BCUT2D eigenvalue weighted by molar-refractivity contribution is -0.118. The molecule has 7 nitrogen and oxygen atoms in total. The Morgan fingerprint density at radius 1 is 1.03 bits per heavy atom. The smallest absolute Gasteiger partial charge is 0.247 e. The molecule has 2 heterocycles. The maximum absolute atomic E-state index is 13.0. The Labute approximate surface area is 189 Å². The largest absolute Gasteiger partial charge is 0.496 e. The van der Waals surface area contributed by atoms with Crippen molar-refractivity contribution < 1.29 is 14.3 Å². The first-order valence-corrected chi connectivity index (χ1v) is 11.2. The highest BCUT2D eigenvalue weighted by Crippen LogP contribution is 2.45. The number of ether oxygens (including phenoxy) is 2. The van der Waals surface area contributed by atoms with Gasteiger partial charge in [0, 0.05) is 23.4 Å². The Morgan fingerprint density at radius 2 is 1.78 bits per heavy atom. The van der Waals surface area contributed by atoms with Crippen LogP contribution in [0.25, 0.3) is 22.0 Å². The predicted octanol–water partition coefficient (Wildman–Crippen LogP) is 4.87. The normalized spacial score (nSPS) is 14.8. The van der Waals surface area contributed by atoms with Crippen molar-refractivity contribution in [1.29, 1.82) is 0 Å². The summed E-state index contributed by atoms with van der Waals surface area (Å²) < 4.78 is 12.0. The van der Waals surface area contributed by atoms with Crippen LogP contribution in [0.5, 0.6) is 11.6 Å². The number of para-hydroxylation sites is 1. The Bertz CT molecular complexity index is 1340. The standard InChI is InChI=1S/C24H20N4O3S/c1-14(29)28-19-11-7-6-10-18(19)21-22(25-24(32-3)27-26-21)31-23(28)17-12-13-20(30-2)16-9-5-4-8-15(16)17/h4-13,23H,1-3H3/t23-/m1/s1. The summed E-state index contributed by atoms with van der Waals surface area (Å²) >= 11 is 1.38. The minimum absolute atomic E-state index is 0.159. The summed E-state index contributed by atoms with van der Waals surface area (Å²) in [6, 6.07) is 19.3. The highest BCUT2D eigenvalue weighted by Gasteiger charge is 2.35. The molecule has 5 rings (SSSR count). The number of carbonyl (C=O) groups excluding carboxylic acids is 1. The zero-order valence-electron chi connectivity index (χ0n) is 17.8. The van der Waals surface area contributed by atoms with Gasteiger partial charge in [0.15, 0.2) is 5.69 Å². The lowest BCUT2D eigenvalue weighted by Crippen LogP contribution is -2.36. The van der Waals surface area contributed by atoms with Crippen molar-refractivity contribution in [2.75, 3.05) is 18.3 Å². The molecular weight excluding hydrogens is 424 g/mol. The van der Waals surface area contributed by atoms with Crippen molar-refractivity contribution in [2.24, 2.45) is 0 Å². The van der Waals surface area contributed by atoms with Crippen molar-refractivity contribution in [3.05, 3.63) is 66.2 Å². The number of amides is 1. The van der Waals surface area contributed by atoms with Crippen molar-refractivity contribution in [3.63, 3.8) is 0 Å². The van der Waals surface area contributed by atoms with Crippen LogP contribution in [0.2, 0.25) is 0 Å². The van der Waals surface area contributed by atoms with Crippen LogP contribution < -0.4 is 14.4 Å². The van der Waals surface area contributed by atoms with Crippen LogP contribution in [0.3, 0.4) is 0 Å². The van der Waals surface area contributed by atoms with Gasteiger partial charge in [0.25, 0.3) is 0 Å². The summed E-state index contributed by atoms with van der Waals surface area (Å²) in [5.41, 5.74) is 2.76. The molecule has 1 aliphatic rings. The van der Waals surface area contributed by atoms with Crippen LogP contribution in [0.1, 0.15) is 18.7 Å². The third-order valence-corrected chi connectivity index (χ3v) is 5.98. The second-order valence-electron chi connectivity index (χ2n) is 7.23. The SMILES string of the molecule is COc1ccc([C@H]2Oc3nc(SC)nnc3-c3ccccc3N2C(C)=O)c2ccccc12. The molecule has 0 aliphatic carbocycles. The van der Waals surface area contributed by atoms with Crippen molar-refractivity contribution in [2.45, 2.75) is 18.3 Å². The topological polar surface area (TPSA) is 77.4 Å². The Balaban J connectivity index is 1.81. The first kappa shape index (κ1) is 20.3. The van der Waals surface area contributed by atoms with E-state index in [1.165, 1.54) is 18.7 Å². The monoisotopic (exact) mass is 444 g/mol. The number of aromatic nitrogens is 3. The van der Waals surface area contributed by atoms with Crippen molar-refractivity contribution in [1.82, 2.24) is 15.2 Å². The minimum Gasteiger partial charge on any atom is -0.496 e. The van der Waals surface area contributed by atoms with Crippen LogP contribution in [0, 0.1) is 0 Å². The van der Waals surface area contributed by atoms with Gasteiger partial charge in [0.1, 0.15) is 5.75 Å². The number of anilines is 1. The second-order valence-corrected chi connectivity index (χ2v) is 8.00. The first-order chi connectivity index (χ1) is 15.6. The number of fused-ring (bicyclic) bond motifs is 4. The molecule has 32 heavy (non-hydrogen) atoms. The summed E-state index contributed by atoms with van der Waals surface area (Å²) in [4.78, 5) is 19.2. The van der Waals surface area contributed by atoms with Crippen LogP contribution >= 0.6 is 11.8 Å². The van der Waals surface area contributed by atoms with E-state index in [1.807, 2.05) is 66.9 Å². The van der Waals surface area contributed by atoms with Gasteiger partial charge >= 0.3 is 0 Å². The fourth-order valence-electron chi connectivity index (χ4n) is 4.03. The second kappa shape index (κ2) is 8.12. The number of rotatable bonds is 3. The van der Waals surface area contributed by atoms with Gasteiger partial charge in [-0.3, -0.25) is 9.69 Å². The molecule has 0 N–H and O–H groups in total. The molecule has 3 aromatic carbocycles. The zero-order valence-corrected chi connectivity index (χ0v) is 18.6. The molecule has 0 saturated carbocycles. The molecule has 4 aromatic rings. The van der Waals surface area contributed by atoms with Gasteiger partial charge in [0.2, 0.25) is 23.2 Å². The summed E-state index contributed by atoms with van der Waals surface area (Å²) in [6.45, 7) is 1.53. The number of methoxy groups -OCH3 is 1. The van der Waals surface area contributed by atoms with E-state index in [1.54, 1.807) is 12.0 Å². The van der Waals surface area contributed by atoms with Gasteiger partial charge in [-0.05, 0) is 29.8 Å². The molecule has 1 atom stereocenters. The number of nitrogens with zero attached hydrogens (tertiary/aromatic N) is 4. The van der Waals surface area contributed by atoms with Crippen molar-refractivity contribution in [3.8, 4) is 22.9 Å². The van der Waals surface area contributed by atoms with E-state index in [4.69, 9.17) is 9.47 Å². The lowest BCUT2D eigenvalue weighted by Gasteiger charge is -2.30. The molecule has 0 saturated heterocycles. The van der Waals surface area contributed by atoms with Gasteiger partial charge in [-0.15, -0.1) is 10.2 Å². The number of carbonyl (C=O) groups is 1. The van der Waals surface area contributed by atoms with Crippen LogP contribution in [-0.4, -0.2) is 34.5 Å². The lowest BCUT2D eigenvalue weighted by atomic mass is 10.0. The number of thioether (sulfide) groups is 1. The van der Waals surface area contributed by atoms with E-state index >= 15 is 0 Å². The van der Waals surface area contributed by atoms with Gasteiger partial charge in [0.05, 0.1) is 12.8 Å². The molecule has 160 valence electrons. The molecule has 8 heteroatoms. The summed E-state index contributed by atoms with van der Waals surface area (Å²) in [7, 11) is 1.64. The highest BCUT2D eigenvalue weighted by molar-refractivity contribution is 7.98. The molecule has 1 amide bonds. The third kappa shape index (κ3) is 3.23. The quantitative estimate of drug-likeness (QED) is 0.417. The number of benzene rings is 3. The van der Waals surface area contributed by atoms with E-state index in [2.05, 4.69) is 15.2 Å². The van der Waals surface area contributed by atoms with E-state index in [9.17, 15) is 4.79 Å². The molecule has 1 aliphatic heterocycles. The Kier molecular flexibility index (Phi) is 5.14. The average molecular weight is 445 g/mol. The van der Waals surface area contributed by atoms with Crippen LogP contribution in [0.4, 0.5) is 5.69 Å². The molecule has 0 unspecified atom stereocenters. The molecule has 0 radical (unpaired) electrons. The molecule has 1 aromatic heterocycles. The van der Waals surface area contributed by atoms with Crippen LogP contribution in [-0.2, 0) is 4.79 Å². The molecule has 0 fully saturated rings.